The van der Waals surface area contributed by atoms with E-state index in [0.717, 1.165) is 0 Å². The summed E-state index contributed by atoms with van der Waals surface area (Å²) in [5, 5.41) is 2.86. The average Bonchev–Trinajstić information content (AvgIpc) is 2.28. The van der Waals surface area contributed by atoms with Crippen LogP contribution in [0.25, 0.3) is 0 Å². The van der Waals surface area contributed by atoms with E-state index >= 15 is 0 Å². The summed E-state index contributed by atoms with van der Waals surface area (Å²) in [7, 11) is 3.38. The van der Waals surface area contributed by atoms with Crippen molar-refractivity contribution in [2.45, 2.75) is 26.8 Å². The molecule has 5 heteroatoms. The summed E-state index contributed by atoms with van der Waals surface area (Å²) >= 11 is 0. The van der Waals surface area contributed by atoms with E-state index in [1.54, 1.807) is 25.9 Å². The van der Waals surface area contributed by atoms with Crippen molar-refractivity contribution in [2.24, 2.45) is 0 Å². The lowest BCUT2D eigenvalue weighted by atomic mass is 10.3. The van der Waals surface area contributed by atoms with Crippen molar-refractivity contribution in [1.29, 1.82) is 0 Å². The SMILES string of the molecule is CCN(CC)C(=O)CN(C)C(=O)C(C)NC. The van der Waals surface area contributed by atoms with Crippen LogP contribution in [0.3, 0.4) is 0 Å². The second kappa shape index (κ2) is 7.22. The molecule has 0 saturated heterocycles. The standard InChI is InChI=1S/C11H23N3O2/c1-6-14(7-2)10(15)8-13(5)11(16)9(3)12-4/h9,12H,6-8H2,1-5H3. The first kappa shape index (κ1) is 14.9. The molecule has 0 aromatic heterocycles. The van der Waals surface area contributed by atoms with Gasteiger partial charge in [0.15, 0.2) is 0 Å². The molecule has 0 radical (unpaired) electrons. The predicted octanol–water partition coefficient (Wildman–Crippen LogP) is -0.0789. The first-order valence-corrected chi connectivity index (χ1v) is 5.67. The van der Waals surface area contributed by atoms with Crippen molar-refractivity contribution in [3.63, 3.8) is 0 Å². The van der Waals surface area contributed by atoms with Crippen LogP contribution in [0, 0.1) is 0 Å². The van der Waals surface area contributed by atoms with Gasteiger partial charge in [0.1, 0.15) is 0 Å². The third kappa shape index (κ3) is 4.18. The van der Waals surface area contributed by atoms with Crippen LogP contribution in [0.15, 0.2) is 0 Å². The molecule has 16 heavy (non-hydrogen) atoms. The Balaban J connectivity index is 4.28. The topological polar surface area (TPSA) is 52.7 Å². The van der Waals surface area contributed by atoms with E-state index in [4.69, 9.17) is 0 Å². The van der Waals surface area contributed by atoms with E-state index in [-0.39, 0.29) is 24.4 Å². The van der Waals surface area contributed by atoms with Crippen LogP contribution in [0.1, 0.15) is 20.8 Å². The van der Waals surface area contributed by atoms with Crippen molar-refractivity contribution in [1.82, 2.24) is 15.1 Å². The molecule has 1 atom stereocenters. The second-order valence-electron chi connectivity index (χ2n) is 3.77. The fourth-order valence-corrected chi connectivity index (χ4v) is 1.41. The molecule has 0 saturated carbocycles. The van der Waals surface area contributed by atoms with Gasteiger partial charge in [0, 0.05) is 20.1 Å². The van der Waals surface area contributed by atoms with Gasteiger partial charge in [0.2, 0.25) is 11.8 Å². The normalized spacial score (nSPS) is 12.1. The maximum atomic E-state index is 11.7. The van der Waals surface area contributed by atoms with Crippen molar-refractivity contribution in [2.75, 3.05) is 33.7 Å². The second-order valence-corrected chi connectivity index (χ2v) is 3.77. The average molecular weight is 229 g/mol. The molecular weight excluding hydrogens is 206 g/mol. The van der Waals surface area contributed by atoms with E-state index in [1.165, 1.54) is 4.90 Å². The molecule has 1 N–H and O–H groups in total. The number of nitrogens with zero attached hydrogens (tertiary/aromatic N) is 2. The number of hydrogen-bond donors (Lipinski definition) is 1. The van der Waals surface area contributed by atoms with Crippen LogP contribution in [-0.2, 0) is 9.59 Å². The summed E-state index contributed by atoms with van der Waals surface area (Å²) in [4.78, 5) is 26.6. The van der Waals surface area contributed by atoms with Gasteiger partial charge in [-0.3, -0.25) is 9.59 Å². The highest BCUT2D eigenvalue weighted by Crippen LogP contribution is 1.95. The Morgan fingerprint density at radius 2 is 1.75 bits per heavy atom. The van der Waals surface area contributed by atoms with Gasteiger partial charge in [-0.05, 0) is 27.8 Å². The summed E-state index contributed by atoms with van der Waals surface area (Å²) in [5.74, 6) is -0.0767. The minimum Gasteiger partial charge on any atom is -0.342 e. The van der Waals surface area contributed by atoms with Crippen molar-refractivity contribution >= 4 is 11.8 Å². The third-order valence-electron chi connectivity index (χ3n) is 2.67. The number of carbonyl (C=O) groups is 2. The van der Waals surface area contributed by atoms with Gasteiger partial charge < -0.3 is 15.1 Å². The number of amides is 2. The van der Waals surface area contributed by atoms with Gasteiger partial charge in [-0.25, -0.2) is 0 Å². The van der Waals surface area contributed by atoms with Gasteiger partial charge in [0.25, 0.3) is 0 Å². The molecule has 5 nitrogen and oxygen atoms in total. The maximum absolute atomic E-state index is 11.7. The summed E-state index contributed by atoms with van der Waals surface area (Å²) in [6.45, 7) is 7.14. The van der Waals surface area contributed by atoms with Crippen LogP contribution in [-0.4, -0.2) is 61.4 Å². The van der Waals surface area contributed by atoms with Crippen LogP contribution in [0.4, 0.5) is 0 Å². The van der Waals surface area contributed by atoms with Gasteiger partial charge in [0.05, 0.1) is 12.6 Å². The zero-order valence-electron chi connectivity index (χ0n) is 10.9. The van der Waals surface area contributed by atoms with Crippen molar-refractivity contribution in [3.05, 3.63) is 0 Å². The lowest BCUT2D eigenvalue weighted by Crippen LogP contribution is -2.46. The Kier molecular flexibility index (Phi) is 6.72. The molecule has 0 aliphatic heterocycles. The van der Waals surface area contributed by atoms with E-state index in [1.807, 2.05) is 13.8 Å². The lowest BCUT2D eigenvalue weighted by molar-refractivity contribution is -0.140. The summed E-state index contributed by atoms with van der Waals surface area (Å²) < 4.78 is 0. The van der Waals surface area contributed by atoms with Crippen LogP contribution < -0.4 is 5.32 Å². The minimum absolute atomic E-state index is 0.0100. The maximum Gasteiger partial charge on any atom is 0.242 e. The molecule has 1 unspecified atom stereocenters. The number of rotatable bonds is 6. The van der Waals surface area contributed by atoms with E-state index in [9.17, 15) is 9.59 Å². The Morgan fingerprint density at radius 1 is 1.25 bits per heavy atom. The van der Waals surface area contributed by atoms with Gasteiger partial charge in [-0.1, -0.05) is 0 Å². The van der Waals surface area contributed by atoms with Crippen molar-refractivity contribution < 1.29 is 9.59 Å². The Morgan fingerprint density at radius 3 is 2.12 bits per heavy atom. The smallest absolute Gasteiger partial charge is 0.242 e. The molecule has 0 fully saturated rings. The van der Waals surface area contributed by atoms with Crippen LogP contribution in [0.2, 0.25) is 0 Å². The van der Waals surface area contributed by atoms with Crippen molar-refractivity contribution in [3.8, 4) is 0 Å². The Hall–Kier alpha value is -1.10. The zero-order chi connectivity index (χ0) is 12.7. The molecular formula is C11H23N3O2. The largest absolute Gasteiger partial charge is 0.342 e. The number of carbonyl (C=O) groups excluding carboxylic acids is 2. The first-order chi connectivity index (χ1) is 7.47. The highest BCUT2D eigenvalue weighted by molar-refractivity contribution is 5.87. The monoisotopic (exact) mass is 229 g/mol. The summed E-state index contributed by atoms with van der Waals surface area (Å²) in [5.41, 5.74) is 0. The fourth-order valence-electron chi connectivity index (χ4n) is 1.41. The molecule has 0 spiro atoms. The molecule has 0 bridgehead atoms. The molecule has 0 rings (SSSR count). The summed E-state index contributed by atoms with van der Waals surface area (Å²) in [6.07, 6.45) is 0. The lowest BCUT2D eigenvalue weighted by Gasteiger charge is -2.24. The molecule has 0 aromatic rings. The fraction of sp³-hybridized carbons (Fsp3) is 0.818. The number of likely N-dealkylation sites (N-methyl/N-ethyl adjacent to an activating group) is 3. The Labute approximate surface area is 97.8 Å². The molecule has 0 aromatic carbocycles. The third-order valence-corrected chi connectivity index (χ3v) is 2.67. The van der Waals surface area contributed by atoms with E-state index in [2.05, 4.69) is 5.32 Å². The molecule has 2 amide bonds. The van der Waals surface area contributed by atoms with Crippen LogP contribution >= 0.6 is 0 Å². The number of nitrogens with one attached hydrogen (secondary N) is 1. The highest BCUT2D eigenvalue weighted by atomic mass is 16.2. The van der Waals surface area contributed by atoms with Crippen LogP contribution in [0.5, 0.6) is 0 Å². The van der Waals surface area contributed by atoms with E-state index in [0.29, 0.717) is 13.1 Å². The predicted molar refractivity (Wildman–Crippen MR) is 64.1 cm³/mol. The van der Waals surface area contributed by atoms with E-state index < -0.39 is 0 Å². The number of hydrogen-bond acceptors (Lipinski definition) is 3. The molecule has 0 heterocycles. The summed E-state index contributed by atoms with van der Waals surface area (Å²) in [6, 6.07) is -0.255. The van der Waals surface area contributed by atoms with Gasteiger partial charge >= 0.3 is 0 Å². The molecule has 0 aliphatic carbocycles. The minimum atomic E-state index is -0.255. The van der Waals surface area contributed by atoms with Gasteiger partial charge in [-0.2, -0.15) is 0 Å². The highest BCUT2D eigenvalue weighted by Gasteiger charge is 2.19. The molecule has 94 valence electrons. The van der Waals surface area contributed by atoms with Gasteiger partial charge in [-0.15, -0.1) is 0 Å². The Bertz CT molecular complexity index is 239. The zero-order valence-corrected chi connectivity index (χ0v) is 10.9. The quantitative estimate of drug-likeness (QED) is 0.693. The first-order valence-electron chi connectivity index (χ1n) is 5.67. The molecule has 0 aliphatic rings.